The first-order chi connectivity index (χ1) is 11.4. The second-order valence-corrected chi connectivity index (χ2v) is 8.46. The number of imide groups is 1. The molecule has 6 nitrogen and oxygen atoms in total. The van der Waals surface area contributed by atoms with Crippen molar-refractivity contribution in [2.45, 2.75) is 50.3 Å². The number of hydrogen-bond donors (Lipinski definition) is 2. The molecule has 0 unspecified atom stereocenters. The van der Waals surface area contributed by atoms with E-state index in [-0.39, 0.29) is 11.8 Å². The van der Waals surface area contributed by atoms with Gasteiger partial charge in [-0.2, -0.15) is 0 Å². The number of nitrogens with one attached hydrogen (secondary N) is 1. The zero-order valence-electron chi connectivity index (χ0n) is 13.9. The van der Waals surface area contributed by atoms with Gasteiger partial charge in [0.1, 0.15) is 15.7 Å². The molecule has 0 saturated carbocycles. The van der Waals surface area contributed by atoms with E-state index >= 15 is 0 Å². The van der Waals surface area contributed by atoms with Crippen LogP contribution in [0.3, 0.4) is 0 Å². The predicted molar refractivity (Wildman–Crippen MR) is 96.4 cm³/mol. The van der Waals surface area contributed by atoms with Gasteiger partial charge in [0.15, 0.2) is 0 Å². The Bertz CT molecular complexity index is 816. The Morgan fingerprint density at radius 2 is 2.04 bits per heavy atom. The monoisotopic (exact) mass is 364 g/mol. The maximum atomic E-state index is 12.3. The number of primary amides is 1. The molecule has 24 heavy (non-hydrogen) atoms. The number of urea groups is 1. The van der Waals surface area contributed by atoms with Crippen molar-refractivity contribution < 1.29 is 9.59 Å². The van der Waals surface area contributed by atoms with E-state index in [0.717, 1.165) is 34.5 Å². The van der Waals surface area contributed by atoms with Gasteiger partial charge in [-0.3, -0.25) is 10.1 Å². The lowest BCUT2D eigenvalue weighted by molar-refractivity contribution is -0.120. The molecule has 1 atom stereocenters. The van der Waals surface area contributed by atoms with Crippen LogP contribution in [0.4, 0.5) is 4.79 Å². The van der Waals surface area contributed by atoms with Crippen molar-refractivity contribution in [2.24, 2.45) is 11.7 Å². The van der Waals surface area contributed by atoms with Crippen molar-refractivity contribution in [1.82, 2.24) is 15.3 Å². The Labute approximate surface area is 148 Å². The molecule has 3 rings (SSSR count). The number of aromatic nitrogens is 2. The second kappa shape index (κ2) is 6.68. The van der Waals surface area contributed by atoms with E-state index in [9.17, 15) is 9.59 Å². The number of nitrogens with zero attached hydrogens (tertiary/aromatic N) is 2. The van der Waals surface area contributed by atoms with Crippen molar-refractivity contribution >= 4 is 45.3 Å². The molecule has 0 radical (unpaired) electrons. The molecule has 0 fully saturated rings. The average Bonchev–Trinajstić information content (AvgIpc) is 3.02. The van der Waals surface area contributed by atoms with Gasteiger partial charge in [0, 0.05) is 10.3 Å². The smallest absolute Gasteiger partial charge is 0.318 e. The van der Waals surface area contributed by atoms with Gasteiger partial charge in [-0.25, -0.2) is 14.8 Å². The summed E-state index contributed by atoms with van der Waals surface area (Å²) in [6.45, 7) is 5.76. The summed E-state index contributed by atoms with van der Waals surface area (Å²) in [5, 5.41) is 3.67. The Kier molecular flexibility index (Phi) is 4.78. The highest BCUT2D eigenvalue weighted by Gasteiger charge is 2.28. The van der Waals surface area contributed by atoms with Gasteiger partial charge in [-0.15, -0.1) is 11.3 Å². The number of aryl methyl sites for hydroxylation is 3. The molecule has 0 bridgehead atoms. The molecule has 0 saturated heterocycles. The number of carbonyl (C=O) groups is 2. The van der Waals surface area contributed by atoms with Crippen molar-refractivity contribution in [3.8, 4) is 0 Å². The highest BCUT2D eigenvalue weighted by Crippen LogP contribution is 2.42. The number of nitrogens with two attached hydrogens (primary N) is 1. The number of amides is 3. The van der Waals surface area contributed by atoms with Crippen LogP contribution in [0, 0.1) is 12.8 Å². The van der Waals surface area contributed by atoms with Gasteiger partial charge >= 0.3 is 6.03 Å². The van der Waals surface area contributed by atoms with E-state index in [0.29, 0.717) is 5.82 Å². The fourth-order valence-corrected chi connectivity index (χ4v) is 5.53. The molecule has 2 heterocycles. The molecule has 2 aromatic heterocycles. The molecule has 0 aliphatic heterocycles. The fourth-order valence-electron chi connectivity index (χ4n) is 2.95. The Balaban J connectivity index is 2.01. The van der Waals surface area contributed by atoms with Gasteiger partial charge in [0.2, 0.25) is 5.91 Å². The molecule has 0 aromatic carbocycles. The SMILES string of the molecule is Cc1nc(S[C@H](C(=O)NC(N)=O)C(C)C)c2c3c(sc2n1)CCC3. The summed E-state index contributed by atoms with van der Waals surface area (Å²) in [7, 11) is 0. The molecule has 1 aliphatic rings. The summed E-state index contributed by atoms with van der Waals surface area (Å²) in [5.74, 6) is 0.355. The summed E-state index contributed by atoms with van der Waals surface area (Å²) in [6.07, 6.45) is 3.29. The van der Waals surface area contributed by atoms with Gasteiger partial charge in [0.25, 0.3) is 0 Å². The lowest BCUT2D eigenvalue weighted by Gasteiger charge is -2.19. The van der Waals surface area contributed by atoms with E-state index in [2.05, 4.69) is 15.3 Å². The molecular formula is C16H20N4O2S2. The van der Waals surface area contributed by atoms with Crippen LogP contribution in [0.15, 0.2) is 5.03 Å². The zero-order valence-corrected chi connectivity index (χ0v) is 15.5. The third kappa shape index (κ3) is 3.25. The normalized spacial score (nSPS) is 14.8. The van der Waals surface area contributed by atoms with Gasteiger partial charge in [0.05, 0.1) is 5.25 Å². The maximum Gasteiger partial charge on any atom is 0.318 e. The van der Waals surface area contributed by atoms with Crippen LogP contribution in [-0.2, 0) is 17.6 Å². The van der Waals surface area contributed by atoms with Crippen LogP contribution in [0.2, 0.25) is 0 Å². The molecule has 3 amide bonds. The maximum absolute atomic E-state index is 12.3. The average molecular weight is 364 g/mol. The number of fused-ring (bicyclic) bond motifs is 3. The van der Waals surface area contributed by atoms with Crippen LogP contribution in [0.1, 0.15) is 36.5 Å². The lowest BCUT2D eigenvalue weighted by atomic mass is 10.1. The molecule has 1 aliphatic carbocycles. The molecule has 128 valence electrons. The number of hydrogen-bond acceptors (Lipinski definition) is 6. The van der Waals surface area contributed by atoms with Crippen LogP contribution in [-0.4, -0.2) is 27.2 Å². The largest absolute Gasteiger partial charge is 0.351 e. The fraction of sp³-hybridized carbons (Fsp3) is 0.500. The highest BCUT2D eigenvalue weighted by atomic mass is 32.2. The highest BCUT2D eigenvalue weighted by molar-refractivity contribution is 8.00. The van der Waals surface area contributed by atoms with Crippen molar-refractivity contribution in [3.05, 3.63) is 16.3 Å². The van der Waals surface area contributed by atoms with E-state index in [1.54, 1.807) is 11.3 Å². The van der Waals surface area contributed by atoms with E-state index in [1.807, 2.05) is 20.8 Å². The van der Waals surface area contributed by atoms with Crippen LogP contribution in [0.5, 0.6) is 0 Å². The van der Waals surface area contributed by atoms with Crippen molar-refractivity contribution in [2.75, 3.05) is 0 Å². The van der Waals surface area contributed by atoms with Gasteiger partial charge in [-0.1, -0.05) is 25.6 Å². The Morgan fingerprint density at radius 3 is 2.71 bits per heavy atom. The van der Waals surface area contributed by atoms with Crippen LogP contribution >= 0.6 is 23.1 Å². The minimum atomic E-state index is -0.827. The van der Waals surface area contributed by atoms with E-state index in [1.165, 1.54) is 22.2 Å². The predicted octanol–water partition coefficient (Wildman–Crippen LogP) is 2.80. The van der Waals surface area contributed by atoms with Gasteiger partial charge < -0.3 is 5.73 Å². The zero-order chi connectivity index (χ0) is 17.4. The van der Waals surface area contributed by atoms with E-state index < -0.39 is 11.3 Å². The minimum Gasteiger partial charge on any atom is -0.351 e. The summed E-state index contributed by atoms with van der Waals surface area (Å²) < 4.78 is 0. The molecule has 8 heteroatoms. The van der Waals surface area contributed by atoms with Crippen molar-refractivity contribution in [1.29, 1.82) is 0 Å². The minimum absolute atomic E-state index is 0.0337. The number of carbonyl (C=O) groups excluding carboxylic acids is 2. The van der Waals surface area contributed by atoms with Crippen LogP contribution < -0.4 is 11.1 Å². The second-order valence-electron chi connectivity index (χ2n) is 6.25. The summed E-state index contributed by atoms with van der Waals surface area (Å²) >= 11 is 3.13. The lowest BCUT2D eigenvalue weighted by Crippen LogP contribution is -2.42. The molecular weight excluding hydrogens is 344 g/mol. The number of thioether (sulfide) groups is 1. The summed E-state index contributed by atoms with van der Waals surface area (Å²) in [5.41, 5.74) is 6.42. The summed E-state index contributed by atoms with van der Waals surface area (Å²) in [4.78, 5) is 34.9. The van der Waals surface area contributed by atoms with Crippen molar-refractivity contribution in [3.63, 3.8) is 0 Å². The third-order valence-corrected chi connectivity index (χ3v) is 6.71. The molecule has 3 N–H and O–H groups in total. The topological polar surface area (TPSA) is 98.0 Å². The molecule has 2 aromatic rings. The van der Waals surface area contributed by atoms with Gasteiger partial charge in [-0.05, 0) is 37.7 Å². The summed E-state index contributed by atoms with van der Waals surface area (Å²) in [6, 6.07) is -0.827. The van der Waals surface area contributed by atoms with Crippen LogP contribution in [0.25, 0.3) is 10.2 Å². The first-order valence-electron chi connectivity index (χ1n) is 7.92. The first kappa shape index (κ1) is 17.2. The number of rotatable bonds is 4. The first-order valence-corrected chi connectivity index (χ1v) is 9.62. The quantitative estimate of drug-likeness (QED) is 0.642. The Morgan fingerprint density at radius 1 is 1.29 bits per heavy atom. The molecule has 0 spiro atoms. The standard InChI is InChI=1S/C16H20N4O2S2/c1-7(2)12(13(21)20-16(17)22)24-15-11-9-5-4-6-10(9)23-14(11)18-8(3)19-15/h7,12H,4-6H2,1-3H3,(H3,17,20,21,22)/t12-/m0/s1. The third-order valence-electron chi connectivity index (χ3n) is 3.99. The number of thiophene rings is 1. The Hall–Kier alpha value is -1.67. The van der Waals surface area contributed by atoms with E-state index in [4.69, 9.17) is 5.73 Å².